The summed E-state index contributed by atoms with van der Waals surface area (Å²) >= 11 is 11.9. The van der Waals surface area contributed by atoms with Crippen molar-refractivity contribution in [3.63, 3.8) is 0 Å². The molecule has 0 radical (unpaired) electrons. The summed E-state index contributed by atoms with van der Waals surface area (Å²) in [6.07, 6.45) is 0. The number of hydrogen-bond donors (Lipinski definition) is 0. The largest absolute Gasteiger partial charge is 0.379 e. The third-order valence-electron chi connectivity index (χ3n) is 2.72. The number of hydrogen-bond acceptors (Lipinski definition) is 3. The quantitative estimate of drug-likeness (QED) is 0.784. The topological polar surface area (TPSA) is 43.4 Å². The first-order valence-electron chi connectivity index (χ1n) is 5.77. The Morgan fingerprint density at radius 2 is 1.55 bits per heavy atom. The zero-order valence-electron chi connectivity index (χ0n) is 10.9. The number of benzene rings is 2. The lowest BCUT2D eigenvalue weighted by atomic mass is 10.1. The van der Waals surface area contributed by atoms with Gasteiger partial charge in [0.15, 0.2) is 0 Å². The molecule has 0 aliphatic rings. The molecule has 3 nitrogen and oxygen atoms in total. The Bertz CT molecular complexity index is 732. The lowest BCUT2D eigenvalue weighted by Crippen LogP contribution is -2.10. The van der Waals surface area contributed by atoms with Gasteiger partial charge < -0.3 is 4.18 Å². The summed E-state index contributed by atoms with van der Waals surface area (Å²) in [5, 5.41) is 0.711. The first-order valence-corrected chi connectivity index (χ1v) is 7.93. The fourth-order valence-electron chi connectivity index (χ4n) is 1.77. The normalized spacial score (nSPS) is 11.4. The van der Waals surface area contributed by atoms with E-state index in [0.717, 1.165) is 11.1 Å². The van der Waals surface area contributed by atoms with E-state index in [-0.39, 0.29) is 15.7 Å². The molecule has 0 bridgehead atoms. The molecule has 0 saturated carbocycles. The molecule has 0 saturated heterocycles. The first kappa shape index (κ1) is 15.2. The van der Waals surface area contributed by atoms with Crippen molar-refractivity contribution in [1.82, 2.24) is 0 Å². The molecule has 0 atom stereocenters. The van der Waals surface area contributed by atoms with Crippen molar-refractivity contribution >= 4 is 33.3 Å². The van der Waals surface area contributed by atoms with Crippen LogP contribution in [-0.2, 0) is 10.1 Å². The number of halogens is 2. The Balaban J connectivity index is 2.42. The maximum atomic E-state index is 12.2. The monoisotopic (exact) mass is 330 g/mol. The molecule has 106 valence electrons. The van der Waals surface area contributed by atoms with Crippen molar-refractivity contribution < 1.29 is 12.6 Å². The second-order valence-electron chi connectivity index (χ2n) is 4.34. The maximum absolute atomic E-state index is 12.2. The molecule has 2 rings (SSSR count). The van der Waals surface area contributed by atoms with Crippen LogP contribution in [-0.4, -0.2) is 8.42 Å². The maximum Gasteiger partial charge on any atom is 0.340 e. The number of rotatable bonds is 3. The van der Waals surface area contributed by atoms with Crippen LogP contribution in [0.15, 0.2) is 41.3 Å². The Morgan fingerprint density at radius 1 is 1.00 bits per heavy atom. The average molecular weight is 331 g/mol. The average Bonchev–Trinajstić information content (AvgIpc) is 2.35. The van der Waals surface area contributed by atoms with E-state index in [2.05, 4.69) is 0 Å². The van der Waals surface area contributed by atoms with Gasteiger partial charge in [-0.3, -0.25) is 0 Å². The Hall–Kier alpha value is -1.23. The fraction of sp³-hybridized carbons (Fsp3) is 0.143. The molecular weight excluding hydrogens is 319 g/mol. The van der Waals surface area contributed by atoms with Crippen LogP contribution in [0.2, 0.25) is 10.0 Å². The van der Waals surface area contributed by atoms with Crippen LogP contribution in [0.4, 0.5) is 0 Å². The molecule has 0 aliphatic carbocycles. The smallest absolute Gasteiger partial charge is 0.340 e. The lowest BCUT2D eigenvalue weighted by Gasteiger charge is -2.11. The molecule has 0 N–H and O–H groups in total. The molecule has 2 aromatic rings. The molecule has 0 amide bonds. The van der Waals surface area contributed by atoms with E-state index in [1.807, 2.05) is 0 Å². The highest BCUT2D eigenvalue weighted by molar-refractivity contribution is 7.87. The minimum atomic E-state index is -3.97. The van der Waals surface area contributed by atoms with Gasteiger partial charge >= 0.3 is 10.1 Å². The Labute approximate surface area is 128 Å². The van der Waals surface area contributed by atoms with Crippen molar-refractivity contribution in [2.24, 2.45) is 0 Å². The van der Waals surface area contributed by atoms with Crippen LogP contribution < -0.4 is 4.18 Å². The van der Waals surface area contributed by atoms with Gasteiger partial charge in [-0.2, -0.15) is 8.42 Å². The van der Waals surface area contributed by atoms with E-state index < -0.39 is 10.1 Å². The number of aryl methyl sites for hydroxylation is 2. The molecule has 6 heteroatoms. The summed E-state index contributed by atoms with van der Waals surface area (Å²) in [5.74, 6) is 0.212. The van der Waals surface area contributed by atoms with E-state index >= 15 is 0 Å². The van der Waals surface area contributed by atoms with Crippen molar-refractivity contribution in [2.75, 3.05) is 0 Å². The summed E-state index contributed by atoms with van der Waals surface area (Å²) in [5.41, 5.74) is 1.49. The lowest BCUT2D eigenvalue weighted by molar-refractivity contribution is 0.486. The van der Waals surface area contributed by atoms with E-state index in [1.165, 1.54) is 12.1 Å². The highest BCUT2D eigenvalue weighted by Crippen LogP contribution is 2.29. The second kappa shape index (κ2) is 5.64. The van der Waals surface area contributed by atoms with Crippen LogP contribution >= 0.6 is 23.2 Å². The summed E-state index contributed by atoms with van der Waals surface area (Å²) < 4.78 is 29.5. The van der Waals surface area contributed by atoms with E-state index in [0.29, 0.717) is 5.02 Å². The van der Waals surface area contributed by atoms with Gasteiger partial charge in [0.05, 0.1) is 5.02 Å². The predicted molar refractivity (Wildman–Crippen MR) is 80.2 cm³/mol. The summed E-state index contributed by atoms with van der Waals surface area (Å²) in [4.78, 5) is -0.0630. The SMILES string of the molecule is Cc1cc(OS(=O)(=O)c2ccccc2Cl)cc(C)c1Cl. The van der Waals surface area contributed by atoms with Crippen molar-refractivity contribution in [3.05, 3.63) is 57.6 Å². The van der Waals surface area contributed by atoms with Crippen molar-refractivity contribution in [1.29, 1.82) is 0 Å². The van der Waals surface area contributed by atoms with E-state index in [9.17, 15) is 8.42 Å². The molecule has 0 spiro atoms. The highest BCUT2D eigenvalue weighted by atomic mass is 35.5. The fourth-order valence-corrected chi connectivity index (χ4v) is 3.29. The molecule has 0 unspecified atom stereocenters. The van der Waals surface area contributed by atoms with Gasteiger partial charge in [0.1, 0.15) is 10.6 Å². The van der Waals surface area contributed by atoms with Crippen LogP contribution in [0.25, 0.3) is 0 Å². The third-order valence-corrected chi connectivity index (χ3v) is 5.07. The molecule has 20 heavy (non-hydrogen) atoms. The minimum absolute atomic E-state index is 0.0630. The summed E-state index contributed by atoms with van der Waals surface area (Å²) in [6.45, 7) is 3.56. The van der Waals surface area contributed by atoms with Gasteiger partial charge in [-0.05, 0) is 49.2 Å². The Kier molecular flexibility index (Phi) is 4.28. The molecular formula is C14H12Cl2O3S. The summed E-state index contributed by atoms with van der Waals surface area (Å²) in [6, 6.07) is 9.27. The Morgan fingerprint density at radius 3 is 2.10 bits per heavy atom. The summed E-state index contributed by atoms with van der Waals surface area (Å²) in [7, 11) is -3.97. The van der Waals surface area contributed by atoms with Crippen LogP contribution in [0, 0.1) is 13.8 Å². The molecule has 0 aliphatic heterocycles. The first-order chi connectivity index (χ1) is 9.31. The van der Waals surface area contributed by atoms with Gasteiger partial charge in [0.25, 0.3) is 0 Å². The van der Waals surface area contributed by atoms with Crippen molar-refractivity contribution in [3.8, 4) is 5.75 Å². The van der Waals surface area contributed by atoms with Crippen molar-refractivity contribution in [2.45, 2.75) is 18.7 Å². The van der Waals surface area contributed by atoms with E-state index in [4.69, 9.17) is 27.4 Å². The molecule has 0 heterocycles. The zero-order chi connectivity index (χ0) is 14.9. The standard InChI is InChI=1S/C14H12Cl2O3S/c1-9-7-11(8-10(2)14(9)16)19-20(17,18)13-6-4-3-5-12(13)15/h3-8H,1-2H3. The van der Waals surface area contributed by atoms with Gasteiger partial charge in [-0.15, -0.1) is 0 Å². The van der Waals surface area contributed by atoms with E-state index in [1.54, 1.807) is 38.1 Å². The van der Waals surface area contributed by atoms with Crippen LogP contribution in [0.3, 0.4) is 0 Å². The highest BCUT2D eigenvalue weighted by Gasteiger charge is 2.20. The minimum Gasteiger partial charge on any atom is -0.379 e. The third kappa shape index (κ3) is 3.08. The van der Waals surface area contributed by atoms with Gasteiger partial charge in [-0.1, -0.05) is 35.3 Å². The van der Waals surface area contributed by atoms with Crippen LogP contribution in [0.5, 0.6) is 5.75 Å². The molecule has 2 aromatic carbocycles. The molecule has 0 aromatic heterocycles. The van der Waals surface area contributed by atoms with Gasteiger partial charge in [0, 0.05) is 5.02 Å². The predicted octanol–water partition coefficient (Wildman–Crippen LogP) is 4.38. The van der Waals surface area contributed by atoms with Gasteiger partial charge in [0.2, 0.25) is 0 Å². The molecule has 0 fully saturated rings. The zero-order valence-corrected chi connectivity index (χ0v) is 13.2. The second-order valence-corrected chi connectivity index (χ2v) is 6.64. The van der Waals surface area contributed by atoms with Gasteiger partial charge in [-0.25, -0.2) is 0 Å². The van der Waals surface area contributed by atoms with Crippen LogP contribution in [0.1, 0.15) is 11.1 Å².